The SMILES string of the molecule is COc1ccc(C)cc1CC(=O)Cc1c(F)cccc1F. The predicted octanol–water partition coefficient (Wildman–Crippen LogP) is 3.64. The smallest absolute Gasteiger partial charge is 0.141 e. The van der Waals surface area contributed by atoms with Crippen molar-refractivity contribution in [1.29, 1.82) is 0 Å². The highest BCUT2D eigenvalue weighted by atomic mass is 19.1. The number of ketones is 1. The van der Waals surface area contributed by atoms with Crippen molar-refractivity contribution in [2.45, 2.75) is 19.8 Å². The van der Waals surface area contributed by atoms with Crippen LogP contribution in [0.1, 0.15) is 16.7 Å². The van der Waals surface area contributed by atoms with E-state index in [1.54, 1.807) is 6.07 Å². The Labute approximate surface area is 122 Å². The quantitative estimate of drug-likeness (QED) is 0.840. The van der Waals surface area contributed by atoms with Gasteiger partial charge < -0.3 is 4.74 Å². The average Bonchev–Trinajstić information content (AvgIpc) is 2.43. The molecule has 0 unspecified atom stereocenters. The second-order valence-electron chi connectivity index (χ2n) is 4.91. The van der Waals surface area contributed by atoms with Crippen LogP contribution >= 0.6 is 0 Å². The molecule has 0 N–H and O–H groups in total. The number of carbonyl (C=O) groups excluding carboxylic acids is 1. The first-order valence-corrected chi connectivity index (χ1v) is 6.59. The highest BCUT2D eigenvalue weighted by molar-refractivity contribution is 5.83. The maximum absolute atomic E-state index is 13.5. The first kappa shape index (κ1) is 15.2. The molecule has 0 aliphatic rings. The standard InChI is InChI=1S/C17H16F2O2/c1-11-6-7-17(21-2)12(8-11)9-13(20)10-14-15(18)4-3-5-16(14)19/h3-8H,9-10H2,1-2H3. The van der Waals surface area contributed by atoms with Gasteiger partial charge >= 0.3 is 0 Å². The van der Waals surface area contributed by atoms with Gasteiger partial charge in [-0.2, -0.15) is 0 Å². The van der Waals surface area contributed by atoms with Crippen molar-refractivity contribution in [2.75, 3.05) is 7.11 Å². The molecule has 0 saturated carbocycles. The molecule has 0 amide bonds. The Bertz CT molecular complexity index is 646. The van der Waals surface area contributed by atoms with Gasteiger partial charge in [-0.05, 0) is 25.1 Å². The van der Waals surface area contributed by atoms with Crippen LogP contribution in [0.15, 0.2) is 36.4 Å². The molecule has 2 nitrogen and oxygen atoms in total. The Balaban J connectivity index is 2.17. The molecule has 21 heavy (non-hydrogen) atoms. The summed E-state index contributed by atoms with van der Waals surface area (Å²) < 4.78 is 32.3. The highest BCUT2D eigenvalue weighted by Crippen LogP contribution is 2.21. The van der Waals surface area contributed by atoms with Gasteiger partial charge in [-0.15, -0.1) is 0 Å². The Kier molecular flexibility index (Phi) is 4.68. The number of aryl methyl sites for hydroxylation is 1. The molecule has 0 aromatic heterocycles. The van der Waals surface area contributed by atoms with Crippen LogP contribution < -0.4 is 4.74 Å². The molecule has 0 radical (unpaired) electrons. The van der Waals surface area contributed by atoms with Crippen LogP contribution in [0.3, 0.4) is 0 Å². The van der Waals surface area contributed by atoms with Crippen LogP contribution in [0, 0.1) is 18.6 Å². The third-order valence-electron chi connectivity index (χ3n) is 3.26. The summed E-state index contributed by atoms with van der Waals surface area (Å²) in [6, 6.07) is 9.08. The lowest BCUT2D eigenvalue weighted by molar-refractivity contribution is -0.117. The van der Waals surface area contributed by atoms with Gasteiger partial charge in [0.1, 0.15) is 23.2 Å². The second kappa shape index (κ2) is 6.48. The number of rotatable bonds is 5. The number of benzene rings is 2. The van der Waals surface area contributed by atoms with Crippen molar-refractivity contribution >= 4 is 5.78 Å². The molecule has 2 rings (SSSR count). The van der Waals surface area contributed by atoms with Crippen LogP contribution in [0.5, 0.6) is 5.75 Å². The van der Waals surface area contributed by atoms with Crippen molar-refractivity contribution in [3.8, 4) is 5.75 Å². The molecule has 0 spiro atoms. The number of halogens is 2. The summed E-state index contributed by atoms with van der Waals surface area (Å²) >= 11 is 0. The van der Waals surface area contributed by atoms with Gasteiger partial charge in [-0.25, -0.2) is 8.78 Å². The molecular weight excluding hydrogens is 274 g/mol. The first-order valence-electron chi connectivity index (χ1n) is 6.59. The predicted molar refractivity (Wildman–Crippen MR) is 76.5 cm³/mol. The normalized spacial score (nSPS) is 10.5. The molecule has 0 fully saturated rings. The van der Waals surface area contributed by atoms with Crippen molar-refractivity contribution in [3.05, 3.63) is 64.7 Å². The van der Waals surface area contributed by atoms with Gasteiger partial charge in [-0.3, -0.25) is 4.79 Å². The molecule has 0 aliphatic heterocycles. The van der Waals surface area contributed by atoms with E-state index in [0.29, 0.717) is 5.75 Å². The van der Waals surface area contributed by atoms with Crippen LogP contribution in [0.25, 0.3) is 0 Å². The minimum absolute atomic E-state index is 0.0820. The summed E-state index contributed by atoms with van der Waals surface area (Å²) in [6.07, 6.45) is -0.186. The van der Waals surface area contributed by atoms with Crippen LogP contribution in [-0.4, -0.2) is 12.9 Å². The fourth-order valence-electron chi connectivity index (χ4n) is 2.22. The Morgan fingerprint density at radius 1 is 1.10 bits per heavy atom. The van der Waals surface area contributed by atoms with E-state index in [4.69, 9.17) is 4.74 Å². The topological polar surface area (TPSA) is 26.3 Å². The van der Waals surface area contributed by atoms with Crippen LogP contribution in [-0.2, 0) is 17.6 Å². The van der Waals surface area contributed by atoms with Crippen molar-refractivity contribution in [1.82, 2.24) is 0 Å². The fraction of sp³-hybridized carbons (Fsp3) is 0.235. The number of hydrogen-bond donors (Lipinski definition) is 0. The number of ether oxygens (including phenoxy) is 1. The first-order chi connectivity index (χ1) is 10.0. The van der Waals surface area contributed by atoms with E-state index in [1.807, 2.05) is 19.1 Å². The van der Waals surface area contributed by atoms with Gasteiger partial charge in [0.05, 0.1) is 7.11 Å². The molecule has 2 aromatic carbocycles. The zero-order valence-electron chi connectivity index (χ0n) is 12.0. The molecule has 0 bridgehead atoms. The molecule has 4 heteroatoms. The zero-order chi connectivity index (χ0) is 15.4. The molecule has 0 saturated heterocycles. The molecule has 2 aromatic rings. The maximum Gasteiger partial charge on any atom is 0.141 e. The average molecular weight is 290 g/mol. The third kappa shape index (κ3) is 3.66. The van der Waals surface area contributed by atoms with E-state index in [0.717, 1.165) is 23.3 Å². The number of carbonyl (C=O) groups is 1. The lowest BCUT2D eigenvalue weighted by atomic mass is 10.00. The largest absolute Gasteiger partial charge is 0.496 e. The van der Waals surface area contributed by atoms with E-state index in [9.17, 15) is 13.6 Å². The van der Waals surface area contributed by atoms with E-state index in [1.165, 1.54) is 13.2 Å². The number of Topliss-reactive ketones (excluding diaryl/α,β-unsaturated/α-hetero) is 1. The van der Waals surface area contributed by atoms with E-state index in [-0.39, 0.29) is 24.2 Å². The molecular formula is C17H16F2O2. The maximum atomic E-state index is 13.5. The van der Waals surface area contributed by atoms with Crippen molar-refractivity contribution < 1.29 is 18.3 Å². The summed E-state index contributed by atoms with van der Waals surface area (Å²) in [5.41, 5.74) is 1.53. The molecule has 0 aliphatic carbocycles. The van der Waals surface area contributed by atoms with Gasteiger partial charge in [0.2, 0.25) is 0 Å². The summed E-state index contributed by atoms with van der Waals surface area (Å²) in [7, 11) is 1.52. The van der Waals surface area contributed by atoms with Crippen LogP contribution in [0.2, 0.25) is 0 Å². The van der Waals surface area contributed by atoms with E-state index < -0.39 is 11.6 Å². The molecule has 0 heterocycles. The number of hydrogen-bond acceptors (Lipinski definition) is 2. The third-order valence-corrected chi connectivity index (χ3v) is 3.26. The minimum atomic E-state index is -0.695. The summed E-state index contributed by atoms with van der Waals surface area (Å²) in [5, 5.41) is 0. The lowest BCUT2D eigenvalue weighted by Gasteiger charge is -2.09. The summed E-state index contributed by atoms with van der Waals surface area (Å²) in [5.74, 6) is -1.05. The number of methoxy groups -OCH3 is 1. The molecule has 0 atom stereocenters. The van der Waals surface area contributed by atoms with E-state index in [2.05, 4.69) is 0 Å². The fourth-order valence-corrected chi connectivity index (χ4v) is 2.22. The van der Waals surface area contributed by atoms with Gasteiger partial charge in [0.15, 0.2) is 0 Å². The summed E-state index contributed by atoms with van der Waals surface area (Å²) in [4.78, 5) is 12.1. The van der Waals surface area contributed by atoms with Crippen molar-refractivity contribution in [3.63, 3.8) is 0 Å². The van der Waals surface area contributed by atoms with E-state index >= 15 is 0 Å². The Morgan fingerprint density at radius 2 is 1.76 bits per heavy atom. The van der Waals surface area contributed by atoms with Crippen LogP contribution in [0.4, 0.5) is 8.78 Å². The monoisotopic (exact) mass is 290 g/mol. The highest BCUT2D eigenvalue weighted by Gasteiger charge is 2.15. The summed E-state index contributed by atoms with van der Waals surface area (Å²) in [6.45, 7) is 1.91. The van der Waals surface area contributed by atoms with Gasteiger partial charge in [0, 0.05) is 24.0 Å². The molecule has 110 valence electrons. The van der Waals surface area contributed by atoms with Crippen molar-refractivity contribution in [2.24, 2.45) is 0 Å². The second-order valence-corrected chi connectivity index (χ2v) is 4.91. The van der Waals surface area contributed by atoms with Gasteiger partial charge in [0.25, 0.3) is 0 Å². The minimum Gasteiger partial charge on any atom is -0.496 e. The lowest BCUT2D eigenvalue weighted by Crippen LogP contribution is -2.10. The Hall–Kier alpha value is -2.23. The Morgan fingerprint density at radius 3 is 2.38 bits per heavy atom. The zero-order valence-corrected chi connectivity index (χ0v) is 12.0. The van der Waals surface area contributed by atoms with Gasteiger partial charge in [-0.1, -0.05) is 23.8 Å².